The standard InChI is InChI=1S/C16H24N2O5/c1-21-13-8-11(9-14(22-2)15(13)23-3)18-16(20)17-10-4-6-12(19)7-5-10/h8-10,12,19H,4-7H2,1-3H3,(H2,17,18,20). The van der Waals surface area contributed by atoms with E-state index >= 15 is 0 Å². The molecule has 1 fully saturated rings. The van der Waals surface area contributed by atoms with Crippen molar-refractivity contribution < 1.29 is 24.1 Å². The SMILES string of the molecule is COc1cc(NC(=O)NC2CCC(O)CC2)cc(OC)c1OC. The minimum absolute atomic E-state index is 0.0837. The van der Waals surface area contributed by atoms with E-state index in [0.29, 0.717) is 22.9 Å². The van der Waals surface area contributed by atoms with Crippen LogP contribution in [0, 0.1) is 0 Å². The molecule has 0 spiro atoms. The van der Waals surface area contributed by atoms with Gasteiger partial charge >= 0.3 is 6.03 Å². The van der Waals surface area contributed by atoms with Gasteiger partial charge in [0.1, 0.15) is 0 Å². The summed E-state index contributed by atoms with van der Waals surface area (Å²) in [5.74, 6) is 1.42. The summed E-state index contributed by atoms with van der Waals surface area (Å²) in [5.41, 5.74) is 0.549. The molecule has 7 nitrogen and oxygen atoms in total. The number of amides is 2. The molecule has 0 aromatic heterocycles. The van der Waals surface area contributed by atoms with Crippen molar-refractivity contribution in [3.8, 4) is 17.2 Å². The van der Waals surface area contributed by atoms with Crippen LogP contribution in [-0.2, 0) is 0 Å². The number of nitrogens with one attached hydrogen (secondary N) is 2. The minimum Gasteiger partial charge on any atom is -0.493 e. The van der Waals surface area contributed by atoms with Gasteiger partial charge in [-0.15, -0.1) is 0 Å². The first-order valence-corrected chi connectivity index (χ1v) is 7.63. The monoisotopic (exact) mass is 324 g/mol. The molecule has 128 valence electrons. The Hall–Kier alpha value is -2.15. The van der Waals surface area contributed by atoms with E-state index in [2.05, 4.69) is 10.6 Å². The van der Waals surface area contributed by atoms with Crippen molar-refractivity contribution in [2.45, 2.75) is 37.8 Å². The zero-order valence-electron chi connectivity index (χ0n) is 13.7. The lowest BCUT2D eigenvalue weighted by atomic mass is 9.93. The maximum atomic E-state index is 12.1. The number of urea groups is 1. The second-order valence-corrected chi connectivity index (χ2v) is 5.52. The Balaban J connectivity index is 2.02. The quantitative estimate of drug-likeness (QED) is 0.772. The Bertz CT molecular complexity index is 516. The lowest BCUT2D eigenvalue weighted by molar-refractivity contribution is 0.118. The van der Waals surface area contributed by atoms with Crippen LogP contribution < -0.4 is 24.8 Å². The number of ether oxygens (including phenoxy) is 3. The van der Waals surface area contributed by atoms with Crippen LogP contribution in [-0.4, -0.2) is 44.6 Å². The molecule has 1 aromatic rings. The fourth-order valence-corrected chi connectivity index (χ4v) is 2.73. The third-order valence-corrected chi connectivity index (χ3v) is 3.95. The fourth-order valence-electron chi connectivity index (χ4n) is 2.73. The van der Waals surface area contributed by atoms with Crippen LogP contribution in [0.25, 0.3) is 0 Å². The first-order chi connectivity index (χ1) is 11.1. The molecule has 0 unspecified atom stereocenters. The van der Waals surface area contributed by atoms with Gasteiger partial charge in [0.2, 0.25) is 5.75 Å². The van der Waals surface area contributed by atoms with Gasteiger partial charge in [-0.3, -0.25) is 0 Å². The van der Waals surface area contributed by atoms with Crippen molar-refractivity contribution in [2.24, 2.45) is 0 Å². The molecule has 7 heteroatoms. The number of aliphatic hydroxyl groups is 1. The summed E-state index contributed by atoms with van der Waals surface area (Å²) in [7, 11) is 4.57. The zero-order valence-corrected chi connectivity index (χ0v) is 13.7. The highest BCUT2D eigenvalue weighted by Crippen LogP contribution is 2.39. The first-order valence-electron chi connectivity index (χ1n) is 7.63. The molecule has 0 radical (unpaired) electrons. The fraction of sp³-hybridized carbons (Fsp3) is 0.562. The summed E-state index contributed by atoms with van der Waals surface area (Å²) in [6.07, 6.45) is 2.75. The molecule has 1 aliphatic rings. The summed E-state index contributed by atoms with van der Waals surface area (Å²) in [6, 6.07) is 3.14. The molecule has 0 bridgehead atoms. The van der Waals surface area contributed by atoms with Crippen LogP contribution in [0.15, 0.2) is 12.1 Å². The van der Waals surface area contributed by atoms with Crippen molar-refractivity contribution in [1.82, 2.24) is 5.32 Å². The molecule has 2 rings (SSSR count). The smallest absolute Gasteiger partial charge is 0.319 e. The van der Waals surface area contributed by atoms with E-state index in [1.165, 1.54) is 21.3 Å². The van der Waals surface area contributed by atoms with E-state index in [-0.39, 0.29) is 18.2 Å². The van der Waals surface area contributed by atoms with Gasteiger partial charge < -0.3 is 30.0 Å². The van der Waals surface area contributed by atoms with Crippen LogP contribution in [0.1, 0.15) is 25.7 Å². The lowest BCUT2D eigenvalue weighted by Gasteiger charge is -2.26. The lowest BCUT2D eigenvalue weighted by Crippen LogP contribution is -2.40. The number of aliphatic hydroxyl groups excluding tert-OH is 1. The van der Waals surface area contributed by atoms with E-state index in [9.17, 15) is 9.90 Å². The highest BCUT2D eigenvalue weighted by Gasteiger charge is 2.21. The molecule has 1 aromatic carbocycles. The second kappa shape index (κ2) is 7.92. The highest BCUT2D eigenvalue weighted by molar-refractivity contribution is 5.90. The van der Waals surface area contributed by atoms with Crippen LogP contribution in [0.4, 0.5) is 10.5 Å². The van der Waals surface area contributed by atoms with Crippen molar-refractivity contribution in [2.75, 3.05) is 26.6 Å². The van der Waals surface area contributed by atoms with Crippen molar-refractivity contribution in [1.29, 1.82) is 0 Å². The molecule has 2 amide bonds. The van der Waals surface area contributed by atoms with Gasteiger partial charge in [-0.25, -0.2) is 4.79 Å². The van der Waals surface area contributed by atoms with Crippen molar-refractivity contribution in [3.63, 3.8) is 0 Å². The van der Waals surface area contributed by atoms with Gasteiger partial charge in [0.05, 0.1) is 33.1 Å². The molecule has 0 atom stereocenters. The molecule has 0 heterocycles. The Morgan fingerprint density at radius 1 is 1.04 bits per heavy atom. The molecular weight excluding hydrogens is 300 g/mol. The molecule has 3 N–H and O–H groups in total. The predicted molar refractivity (Wildman–Crippen MR) is 86.5 cm³/mol. The second-order valence-electron chi connectivity index (χ2n) is 5.52. The van der Waals surface area contributed by atoms with Gasteiger partial charge in [0.25, 0.3) is 0 Å². The highest BCUT2D eigenvalue weighted by atomic mass is 16.5. The van der Waals surface area contributed by atoms with E-state index < -0.39 is 0 Å². The number of methoxy groups -OCH3 is 3. The number of benzene rings is 1. The Kier molecular flexibility index (Phi) is 5.92. The molecule has 1 aliphatic carbocycles. The van der Waals surface area contributed by atoms with Crippen molar-refractivity contribution in [3.05, 3.63) is 12.1 Å². The third kappa shape index (κ3) is 4.41. The number of carbonyl (C=O) groups excluding carboxylic acids is 1. The van der Waals surface area contributed by atoms with Gasteiger partial charge in [0, 0.05) is 18.2 Å². The number of carbonyl (C=O) groups is 1. The summed E-state index contributed by atoms with van der Waals surface area (Å²) >= 11 is 0. The van der Waals surface area contributed by atoms with Gasteiger partial charge in [-0.2, -0.15) is 0 Å². The Labute approximate surface area is 135 Å². The average molecular weight is 324 g/mol. The van der Waals surface area contributed by atoms with E-state index in [4.69, 9.17) is 14.2 Å². The number of hydrogen-bond acceptors (Lipinski definition) is 5. The van der Waals surface area contributed by atoms with Crippen LogP contribution in [0.2, 0.25) is 0 Å². The third-order valence-electron chi connectivity index (χ3n) is 3.95. The summed E-state index contributed by atoms with van der Waals surface area (Å²) < 4.78 is 15.8. The maximum Gasteiger partial charge on any atom is 0.319 e. The van der Waals surface area contributed by atoms with Crippen LogP contribution in [0.5, 0.6) is 17.2 Å². The largest absolute Gasteiger partial charge is 0.493 e. The summed E-state index contributed by atoms with van der Waals surface area (Å²) in [4.78, 5) is 12.1. The molecule has 0 saturated heterocycles. The molecule has 1 saturated carbocycles. The van der Waals surface area contributed by atoms with Gasteiger partial charge in [0.15, 0.2) is 11.5 Å². The Morgan fingerprint density at radius 3 is 2.09 bits per heavy atom. The van der Waals surface area contributed by atoms with E-state index in [0.717, 1.165) is 25.7 Å². The zero-order chi connectivity index (χ0) is 16.8. The van der Waals surface area contributed by atoms with Crippen LogP contribution in [0.3, 0.4) is 0 Å². The summed E-state index contributed by atoms with van der Waals surface area (Å²) in [5, 5.41) is 15.2. The number of hydrogen-bond donors (Lipinski definition) is 3. The summed E-state index contributed by atoms with van der Waals surface area (Å²) in [6.45, 7) is 0. The van der Waals surface area contributed by atoms with Crippen LogP contribution >= 0.6 is 0 Å². The Morgan fingerprint density at radius 2 is 1.61 bits per heavy atom. The number of rotatable bonds is 5. The minimum atomic E-state index is -0.291. The molecule has 23 heavy (non-hydrogen) atoms. The molecule has 0 aliphatic heterocycles. The predicted octanol–water partition coefficient (Wildman–Crippen LogP) is 2.14. The topological polar surface area (TPSA) is 89.1 Å². The van der Waals surface area contributed by atoms with E-state index in [1.54, 1.807) is 12.1 Å². The average Bonchev–Trinajstić information content (AvgIpc) is 2.55. The van der Waals surface area contributed by atoms with Crippen molar-refractivity contribution >= 4 is 11.7 Å². The maximum absolute atomic E-state index is 12.1. The van der Waals surface area contributed by atoms with E-state index in [1.807, 2.05) is 0 Å². The van der Waals surface area contributed by atoms with Gasteiger partial charge in [-0.05, 0) is 25.7 Å². The first kappa shape index (κ1) is 17.2. The normalized spacial score (nSPS) is 20.5. The molecular formula is C16H24N2O5. The number of anilines is 1. The van der Waals surface area contributed by atoms with Gasteiger partial charge in [-0.1, -0.05) is 0 Å².